The minimum absolute atomic E-state index is 0.588. The van der Waals surface area contributed by atoms with E-state index in [2.05, 4.69) is 265 Å². The molecule has 316 valence electrons. The fourth-order valence-electron chi connectivity index (χ4n) is 11.6. The second-order valence-corrected chi connectivity index (χ2v) is 17.8. The molecule has 0 unspecified atom stereocenters. The standard InChI is InChI=1S/C65H46N2/c1-3-21-45(22-4-1)46-41-43-49(44-42-46)66(60-37-16-12-30-54(60)53-29-10-9-28-52(53)51-32-19-24-47-23-7-8-27-50(47)51)63-40-20-36-59-64(63)55-31-11-13-33-56(55)65(59)57-34-14-17-38-61(57)67(48-25-5-2-6-26-48)62-39-18-15-35-58(62)65/h1-6,8-22,24-44H,7,23H2. The van der Waals surface area contributed by atoms with Crippen LogP contribution in [-0.4, -0.2) is 0 Å². The normalized spacial score (nSPS) is 13.6. The van der Waals surface area contributed by atoms with Crippen molar-refractivity contribution in [3.8, 4) is 44.5 Å². The molecule has 0 bridgehead atoms. The van der Waals surface area contributed by atoms with E-state index in [1.165, 1.54) is 89.3 Å². The monoisotopic (exact) mass is 854 g/mol. The number of para-hydroxylation sites is 4. The van der Waals surface area contributed by atoms with Crippen molar-refractivity contribution in [2.24, 2.45) is 0 Å². The van der Waals surface area contributed by atoms with Gasteiger partial charge in [0.25, 0.3) is 0 Å². The third-order valence-corrected chi connectivity index (χ3v) is 14.3. The molecule has 1 spiro atoms. The highest BCUT2D eigenvalue weighted by Crippen LogP contribution is 2.65. The minimum atomic E-state index is -0.588. The summed E-state index contributed by atoms with van der Waals surface area (Å²) in [6.07, 6.45) is 6.80. The molecule has 0 radical (unpaired) electrons. The van der Waals surface area contributed by atoms with Crippen LogP contribution in [-0.2, 0) is 11.8 Å². The Morgan fingerprint density at radius 3 is 1.63 bits per heavy atom. The lowest BCUT2D eigenvalue weighted by molar-refractivity contribution is 0.752. The van der Waals surface area contributed by atoms with Crippen LogP contribution in [0.1, 0.15) is 39.8 Å². The van der Waals surface area contributed by atoms with Crippen LogP contribution >= 0.6 is 0 Å². The maximum absolute atomic E-state index is 2.53. The van der Waals surface area contributed by atoms with Crippen LogP contribution in [0.3, 0.4) is 0 Å². The van der Waals surface area contributed by atoms with Crippen LogP contribution in [0.5, 0.6) is 0 Å². The van der Waals surface area contributed by atoms with E-state index in [-0.39, 0.29) is 0 Å². The van der Waals surface area contributed by atoms with Gasteiger partial charge in [-0.05, 0) is 128 Å². The average molecular weight is 855 g/mol. The minimum Gasteiger partial charge on any atom is -0.310 e. The predicted molar refractivity (Wildman–Crippen MR) is 280 cm³/mol. The number of nitrogens with zero attached hydrogens (tertiary/aromatic N) is 2. The number of hydrogen-bond donors (Lipinski definition) is 0. The van der Waals surface area contributed by atoms with Gasteiger partial charge in [-0.2, -0.15) is 0 Å². The van der Waals surface area contributed by atoms with E-state index in [1.54, 1.807) is 0 Å². The molecule has 1 aliphatic heterocycles. The van der Waals surface area contributed by atoms with Crippen molar-refractivity contribution >= 4 is 40.2 Å². The number of anilines is 6. The second-order valence-electron chi connectivity index (χ2n) is 17.8. The van der Waals surface area contributed by atoms with Gasteiger partial charge in [0.05, 0.1) is 28.2 Å². The Bertz CT molecular complexity index is 3480. The summed E-state index contributed by atoms with van der Waals surface area (Å²) in [6, 6.07) is 89.9. The molecule has 10 aromatic carbocycles. The molecule has 1 heterocycles. The van der Waals surface area contributed by atoms with E-state index in [0.29, 0.717) is 0 Å². The van der Waals surface area contributed by atoms with Gasteiger partial charge in [-0.1, -0.05) is 206 Å². The topological polar surface area (TPSA) is 6.48 Å². The number of rotatable bonds is 7. The first-order valence-corrected chi connectivity index (χ1v) is 23.5. The van der Waals surface area contributed by atoms with Gasteiger partial charge < -0.3 is 9.80 Å². The zero-order chi connectivity index (χ0) is 44.3. The maximum Gasteiger partial charge on any atom is 0.0755 e. The van der Waals surface area contributed by atoms with E-state index in [1.807, 2.05) is 0 Å². The van der Waals surface area contributed by atoms with Gasteiger partial charge in [0.1, 0.15) is 0 Å². The van der Waals surface area contributed by atoms with E-state index >= 15 is 0 Å². The quantitative estimate of drug-likeness (QED) is 0.158. The largest absolute Gasteiger partial charge is 0.310 e. The highest BCUT2D eigenvalue weighted by atomic mass is 15.2. The third kappa shape index (κ3) is 6.03. The highest BCUT2D eigenvalue weighted by Gasteiger charge is 2.52. The van der Waals surface area contributed by atoms with Crippen molar-refractivity contribution < 1.29 is 0 Å². The number of fused-ring (bicyclic) bond motifs is 10. The van der Waals surface area contributed by atoms with E-state index < -0.39 is 5.41 Å². The average Bonchev–Trinajstić information content (AvgIpc) is 3.71. The van der Waals surface area contributed by atoms with Gasteiger partial charge in [-0.15, -0.1) is 0 Å². The first-order valence-electron chi connectivity index (χ1n) is 23.5. The summed E-state index contributed by atoms with van der Waals surface area (Å²) in [7, 11) is 0. The molecule has 0 saturated heterocycles. The second kappa shape index (κ2) is 15.9. The van der Waals surface area contributed by atoms with Gasteiger partial charge in [-0.3, -0.25) is 0 Å². The van der Waals surface area contributed by atoms with E-state index in [4.69, 9.17) is 0 Å². The zero-order valence-electron chi connectivity index (χ0n) is 37.1. The van der Waals surface area contributed by atoms with Crippen LogP contribution in [0.25, 0.3) is 50.6 Å². The first kappa shape index (κ1) is 39.0. The van der Waals surface area contributed by atoms with Crippen molar-refractivity contribution in [1.29, 1.82) is 0 Å². The summed E-state index contributed by atoms with van der Waals surface area (Å²) >= 11 is 0. The van der Waals surface area contributed by atoms with Gasteiger partial charge in [0.15, 0.2) is 0 Å². The lowest BCUT2D eigenvalue weighted by Crippen LogP contribution is -2.36. The molecule has 67 heavy (non-hydrogen) atoms. The Kier molecular flexibility index (Phi) is 9.25. The van der Waals surface area contributed by atoms with Crippen molar-refractivity contribution in [3.63, 3.8) is 0 Å². The zero-order valence-corrected chi connectivity index (χ0v) is 37.1. The van der Waals surface area contributed by atoms with Crippen LogP contribution in [0.15, 0.2) is 249 Å². The smallest absolute Gasteiger partial charge is 0.0755 e. The number of aryl methyl sites for hydroxylation is 1. The Morgan fingerprint density at radius 2 is 0.896 bits per heavy atom. The van der Waals surface area contributed by atoms with E-state index in [9.17, 15) is 0 Å². The third-order valence-electron chi connectivity index (χ3n) is 14.3. The number of benzene rings is 10. The highest BCUT2D eigenvalue weighted by molar-refractivity contribution is 6.03. The molecule has 0 fully saturated rings. The SMILES string of the molecule is C1=Cc2c(cccc2-c2ccccc2-c2ccccc2N(c2ccc(-c3ccccc3)cc2)c2cccc3c2-c2ccccc2C32c3ccccc3N(c3ccccc3)c3ccccc32)CC1. The summed E-state index contributed by atoms with van der Waals surface area (Å²) in [5, 5.41) is 0. The fraction of sp³-hybridized carbons (Fsp3) is 0.0462. The molecule has 2 heteroatoms. The molecule has 0 saturated carbocycles. The molecule has 13 rings (SSSR count). The molecular weight excluding hydrogens is 809 g/mol. The Labute approximate surface area is 393 Å². The molecule has 0 aromatic heterocycles. The number of hydrogen-bond acceptors (Lipinski definition) is 2. The molecule has 0 atom stereocenters. The summed E-state index contributed by atoms with van der Waals surface area (Å²) < 4.78 is 0. The summed E-state index contributed by atoms with van der Waals surface area (Å²) in [5.41, 5.74) is 23.9. The lowest BCUT2D eigenvalue weighted by atomic mass is 9.64. The maximum atomic E-state index is 2.53. The summed E-state index contributed by atoms with van der Waals surface area (Å²) in [5.74, 6) is 0. The molecular formula is C65H46N2. The van der Waals surface area contributed by atoms with Gasteiger partial charge in [-0.25, -0.2) is 0 Å². The summed E-state index contributed by atoms with van der Waals surface area (Å²) in [6.45, 7) is 0. The van der Waals surface area contributed by atoms with Crippen LogP contribution in [0.4, 0.5) is 34.1 Å². The first-order chi connectivity index (χ1) is 33.3. The molecule has 0 N–H and O–H groups in total. The van der Waals surface area contributed by atoms with Crippen LogP contribution in [0.2, 0.25) is 0 Å². The van der Waals surface area contributed by atoms with Gasteiger partial charge >= 0.3 is 0 Å². The van der Waals surface area contributed by atoms with Crippen LogP contribution < -0.4 is 9.80 Å². The Morgan fingerprint density at radius 1 is 0.373 bits per heavy atom. The van der Waals surface area contributed by atoms with Gasteiger partial charge in [0.2, 0.25) is 0 Å². The molecule has 3 aliphatic rings. The predicted octanol–water partition coefficient (Wildman–Crippen LogP) is 17.3. The Hall–Kier alpha value is -8.46. The molecule has 2 nitrogen and oxygen atoms in total. The molecule has 2 aliphatic carbocycles. The van der Waals surface area contributed by atoms with Crippen LogP contribution in [0, 0.1) is 0 Å². The van der Waals surface area contributed by atoms with Crippen molar-refractivity contribution in [3.05, 3.63) is 282 Å². The van der Waals surface area contributed by atoms with Crippen molar-refractivity contribution in [1.82, 2.24) is 0 Å². The van der Waals surface area contributed by atoms with Gasteiger partial charge in [0, 0.05) is 22.5 Å². The molecule has 0 amide bonds. The van der Waals surface area contributed by atoms with Crippen molar-refractivity contribution in [2.75, 3.05) is 9.80 Å². The lowest BCUT2D eigenvalue weighted by Gasteiger charge is -2.45. The fourth-order valence-corrected chi connectivity index (χ4v) is 11.6. The number of allylic oxidation sites excluding steroid dienone is 1. The Balaban J connectivity index is 1.08. The van der Waals surface area contributed by atoms with E-state index in [0.717, 1.165) is 35.6 Å². The van der Waals surface area contributed by atoms with Crippen molar-refractivity contribution in [2.45, 2.75) is 18.3 Å². The molecule has 10 aromatic rings. The summed E-state index contributed by atoms with van der Waals surface area (Å²) in [4.78, 5) is 4.99.